The van der Waals surface area contributed by atoms with Crippen LogP contribution in [0.1, 0.15) is 39.3 Å². The van der Waals surface area contributed by atoms with Gasteiger partial charge in [0.05, 0.1) is 12.4 Å². The van der Waals surface area contributed by atoms with Gasteiger partial charge in [0.15, 0.2) is 0 Å². The van der Waals surface area contributed by atoms with E-state index in [1.54, 1.807) is 12.5 Å². The predicted octanol–water partition coefficient (Wildman–Crippen LogP) is 3.13. The molecule has 2 atom stereocenters. The Labute approximate surface area is 149 Å². The molecule has 1 amide bonds. The van der Waals surface area contributed by atoms with Gasteiger partial charge in [0.1, 0.15) is 5.60 Å². The molecular formula is C19H28N4O2. The number of hydrogen-bond acceptors (Lipinski definition) is 4. The molecule has 25 heavy (non-hydrogen) atoms. The van der Waals surface area contributed by atoms with Crippen LogP contribution in [0.15, 0.2) is 49.1 Å². The number of carbonyl (C=O) groups is 1. The van der Waals surface area contributed by atoms with Gasteiger partial charge in [0.2, 0.25) is 0 Å². The molecule has 0 radical (unpaired) electrons. The van der Waals surface area contributed by atoms with Crippen LogP contribution in [0.5, 0.6) is 0 Å². The summed E-state index contributed by atoms with van der Waals surface area (Å²) in [6.45, 7) is 9.12. The molecule has 0 aliphatic carbocycles. The molecule has 1 aromatic carbocycles. The van der Waals surface area contributed by atoms with Crippen LogP contribution in [0.4, 0.5) is 4.79 Å². The largest absolute Gasteiger partial charge is 0.444 e. The first-order valence-electron chi connectivity index (χ1n) is 8.59. The lowest BCUT2D eigenvalue weighted by atomic mass is 10.0. The Bertz CT molecular complexity index is 635. The van der Waals surface area contributed by atoms with Gasteiger partial charge in [-0.1, -0.05) is 30.3 Å². The molecule has 0 spiro atoms. The molecule has 0 bridgehead atoms. The van der Waals surface area contributed by atoms with E-state index in [9.17, 15) is 4.79 Å². The minimum Gasteiger partial charge on any atom is -0.444 e. The van der Waals surface area contributed by atoms with E-state index in [2.05, 4.69) is 27.8 Å². The summed E-state index contributed by atoms with van der Waals surface area (Å²) in [6.07, 6.45) is 5.09. The summed E-state index contributed by atoms with van der Waals surface area (Å²) in [4.78, 5) is 16.1. The SMILES string of the molecule is CC(NC(=O)OC(C)(C)C)C(NCCn1ccnc1)c1ccccc1. The Morgan fingerprint density at radius 2 is 2.00 bits per heavy atom. The average molecular weight is 344 g/mol. The minimum atomic E-state index is -0.513. The minimum absolute atomic E-state index is 0.0164. The molecule has 2 unspecified atom stereocenters. The third-order valence-corrected chi connectivity index (χ3v) is 3.70. The highest BCUT2D eigenvalue weighted by atomic mass is 16.6. The van der Waals surface area contributed by atoms with Crippen LogP contribution in [0.2, 0.25) is 0 Å². The van der Waals surface area contributed by atoms with Crippen molar-refractivity contribution in [2.75, 3.05) is 6.54 Å². The van der Waals surface area contributed by atoms with Gasteiger partial charge in [0, 0.05) is 31.5 Å². The number of aromatic nitrogens is 2. The van der Waals surface area contributed by atoms with Gasteiger partial charge in [-0.3, -0.25) is 0 Å². The fourth-order valence-electron chi connectivity index (χ4n) is 2.59. The van der Waals surface area contributed by atoms with Crippen LogP contribution in [-0.2, 0) is 11.3 Å². The van der Waals surface area contributed by atoms with Gasteiger partial charge in [-0.15, -0.1) is 0 Å². The maximum atomic E-state index is 12.1. The van der Waals surface area contributed by atoms with Crippen molar-refractivity contribution in [3.05, 3.63) is 54.6 Å². The summed E-state index contributed by atoms with van der Waals surface area (Å²) in [5.41, 5.74) is 0.609. The summed E-state index contributed by atoms with van der Waals surface area (Å²) in [6, 6.07) is 9.96. The van der Waals surface area contributed by atoms with Gasteiger partial charge in [0.25, 0.3) is 0 Å². The van der Waals surface area contributed by atoms with Gasteiger partial charge < -0.3 is 19.9 Å². The summed E-state index contributed by atoms with van der Waals surface area (Å²) < 4.78 is 7.38. The van der Waals surface area contributed by atoms with Crippen LogP contribution in [0, 0.1) is 0 Å². The van der Waals surface area contributed by atoms with Crippen molar-refractivity contribution >= 4 is 6.09 Å². The van der Waals surface area contributed by atoms with Crippen LogP contribution in [-0.4, -0.2) is 33.8 Å². The molecule has 0 saturated heterocycles. The maximum Gasteiger partial charge on any atom is 0.407 e. The second kappa shape index (κ2) is 8.67. The molecule has 1 aromatic heterocycles. The number of alkyl carbamates (subject to hydrolysis) is 1. The number of rotatable bonds is 7. The Morgan fingerprint density at radius 3 is 2.60 bits per heavy atom. The average Bonchev–Trinajstić information content (AvgIpc) is 3.03. The number of hydrogen-bond donors (Lipinski definition) is 2. The molecule has 2 N–H and O–H groups in total. The van der Waals surface area contributed by atoms with Crippen LogP contribution in [0.25, 0.3) is 0 Å². The normalized spacial score (nSPS) is 13.9. The Balaban J connectivity index is 1.99. The molecular weight excluding hydrogens is 316 g/mol. The van der Waals surface area contributed by atoms with Crippen molar-refractivity contribution < 1.29 is 9.53 Å². The van der Waals surface area contributed by atoms with E-state index in [0.29, 0.717) is 0 Å². The van der Waals surface area contributed by atoms with Gasteiger partial charge in [-0.2, -0.15) is 0 Å². The fourth-order valence-corrected chi connectivity index (χ4v) is 2.59. The zero-order chi connectivity index (χ0) is 18.3. The van der Waals surface area contributed by atoms with E-state index in [-0.39, 0.29) is 12.1 Å². The summed E-state index contributed by atoms with van der Waals surface area (Å²) in [5.74, 6) is 0. The first-order chi connectivity index (χ1) is 11.8. The number of benzene rings is 1. The number of imidazole rings is 1. The van der Waals surface area contributed by atoms with E-state index >= 15 is 0 Å². The molecule has 6 nitrogen and oxygen atoms in total. The van der Waals surface area contributed by atoms with Crippen molar-refractivity contribution in [3.8, 4) is 0 Å². The summed E-state index contributed by atoms with van der Waals surface area (Å²) >= 11 is 0. The second-order valence-corrected chi connectivity index (χ2v) is 7.08. The predicted molar refractivity (Wildman–Crippen MR) is 98.2 cm³/mol. The standard InChI is InChI=1S/C19H28N4O2/c1-15(22-18(24)25-19(2,3)4)17(16-8-6-5-7-9-16)21-11-13-23-12-10-20-14-23/h5-10,12,14-15,17,21H,11,13H2,1-4H3,(H,22,24). The molecule has 2 aromatic rings. The molecule has 0 saturated carbocycles. The monoisotopic (exact) mass is 344 g/mol. The molecule has 136 valence electrons. The maximum absolute atomic E-state index is 12.1. The number of carbonyl (C=O) groups excluding carboxylic acids is 1. The number of nitrogens with zero attached hydrogens (tertiary/aromatic N) is 2. The topological polar surface area (TPSA) is 68.2 Å². The van der Waals surface area contributed by atoms with E-state index < -0.39 is 11.7 Å². The molecule has 0 aliphatic rings. The third kappa shape index (κ3) is 6.58. The van der Waals surface area contributed by atoms with Crippen molar-refractivity contribution in [1.82, 2.24) is 20.2 Å². The van der Waals surface area contributed by atoms with E-state index in [1.165, 1.54) is 0 Å². The van der Waals surface area contributed by atoms with E-state index in [1.807, 2.05) is 56.7 Å². The van der Waals surface area contributed by atoms with Crippen molar-refractivity contribution in [1.29, 1.82) is 0 Å². The second-order valence-electron chi connectivity index (χ2n) is 7.08. The van der Waals surface area contributed by atoms with Crippen LogP contribution >= 0.6 is 0 Å². The Hall–Kier alpha value is -2.34. The first-order valence-corrected chi connectivity index (χ1v) is 8.59. The Kier molecular flexibility index (Phi) is 6.58. The lowest BCUT2D eigenvalue weighted by molar-refractivity contribution is 0.0497. The molecule has 0 aliphatic heterocycles. The zero-order valence-corrected chi connectivity index (χ0v) is 15.4. The number of nitrogens with one attached hydrogen (secondary N) is 2. The summed E-state index contributed by atoms with van der Waals surface area (Å²) in [7, 11) is 0. The van der Waals surface area contributed by atoms with Crippen molar-refractivity contribution in [2.24, 2.45) is 0 Å². The fraction of sp³-hybridized carbons (Fsp3) is 0.474. The van der Waals surface area contributed by atoms with Crippen LogP contribution in [0.3, 0.4) is 0 Å². The van der Waals surface area contributed by atoms with Gasteiger partial charge in [-0.05, 0) is 33.3 Å². The van der Waals surface area contributed by atoms with Gasteiger partial charge >= 0.3 is 6.09 Å². The van der Waals surface area contributed by atoms with Crippen LogP contribution < -0.4 is 10.6 Å². The number of ether oxygens (including phenoxy) is 1. The molecule has 0 fully saturated rings. The Morgan fingerprint density at radius 1 is 1.28 bits per heavy atom. The van der Waals surface area contributed by atoms with Crippen molar-refractivity contribution in [2.45, 2.75) is 51.9 Å². The smallest absolute Gasteiger partial charge is 0.407 e. The highest BCUT2D eigenvalue weighted by Crippen LogP contribution is 2.17. The van der Waals surface area contributed by atoms with E-state index in [4.69, 9.17) is 4.74 Å². The van der Waals surface area contributed by atoms with Crippen molar-refractivity contribution in [3.63, 3.8) is 0 Å². The quantitative estimate of drug-likeness (QED) is 0.810. The first kappa shape index (κ1) is 19.0. The highest BCUT2D eigenvalue weighted by molar-refractivity contribution is 5.68. The highest BCUT2D eigenvalue weighted by Gasteiger charge is 2.23. The molecule has 2 rings (SSSR count). The summed E-state index contributed by atoms with van der Waals surface area (Å²) in [5, 5.41) is 6.46. The zero-order valence-electron chi connectivity index (χ0n) is 15.4. The lowest BCUT2D eigenvalue weighted by Gasteiger charge is -2.28. The third-order valence-electron chi connectivity index (χ3n) is 3.70. The molecule has 1 heterocycles. The van der Waals surface area contributed by atoms with Gasteiger partial charge in [-0.25, -0.2) is 9.78 Å². The number of amides is 1. The van der Waals surface area contributed by atoms with E-state index in [0.717, 1.165) is 18.7 Å². The lowest BCUT2D eigenvalue weighted by Crippen LogP contribution is -2.45. The molecule has 6 heteroatoms.